The first-order valence-corrected chi connectivity index (χ1v) is 9.30. The second-order valence-electron chi connectivity index (χ2n) is 7.20. The zero-order valence-electron chi connectivity index (χ0n) is 15.6. The molecule has 0 bridgehead atoms. The third-order valence-corrected chi connectivity index (χ3v) is 4.98. The van der Waals surface area contributed by atoms with Gasteiger partial charge in [-0.15, -0.1) is 0 Å². The highest BCUT2D eigenvalue weighted by atomic mass is 16.5. The maximum Gasteiger partial charge on any atom is 0.182 e. The first-order chi connectivity index (χ1) is 13.2. The average Bonchev–Trinajstić information content (AvgIpc) is 3.07. The number of ketones is 1. The molecular formula is C23H24N2O2. The second kappa shape index (κ2) is 7.80. The maximum absolute atomic E-state index is 12.6. The molecule has 0 spiro atoms. The van der Waals surface area contributed by atoms with Crippen molar-refractivity contribution in [2.45, 2.75) is 19.7 Å². The molecule has 2 aliphatic rings. The molecule has 2 aliphatic heterocycles. The van der Waals surface area contributed by atoms with E-state index < -0.39 is 0 Å². The molecule has 0 radical (unpaired) electrons. The Bertz CT molecular complexity index is 887. The van der Waals surface area contributed by atoms with Gasteiger partial charge in [-0.05, 0) is 42.0 Å². The van der Waals surface area contributed by atoms with Gasteiger partial charge in [-0.25, -0.2) is 0 Å². The molecule has 0 saturated carbocycles. The molecule has 0 fully saturated rings. The van der Waals surface area contributed by atoms with Gasteiger partial charge in [0.05, 0.1) is 6.54 Å². The van der Waals surface area contributed by atoms with E-state index in [0.29, 0.717) is 19.7 Å². The van der Waals surface area contributed by atoms with Gasteiger partial charge in [-0.1, -0.05) is 42.5 Å². The van der Waals surface area contributed by atoms with Crippen LogP contribution in [0.15, 0.2) is 72.6 Å². The van der Waals surface area contributed by atoms with Gasteiger partial charge in [0, 0.05) is 31.4 Å². The number of Topliss-reactive ketones (excluding diaryl/α,β-unsaturated/α-hetero) is 1. The molecule has 4 heteroatoms. The van der Waals surface area contributed by atoms with Crippen molar-refractivity contribution in [3.05, 3.63) is 94.9 Å². The Hall–Kier alpha value is -2.85. The summed E-state index contributed by atoms with van der Waals surface area (Å²) < 4.78 is 5.83. The van der Waals surface area contributed by atoms with Crippen molar-refractivity contribution in [3.8, 4) is 0 Å². The van der Waals surface area contributed by atoms with Gasteiger partial charge in [-0.2, -0.15) is 0 Å². The largest absolute Gasteiger partial charge is 0.489 e. The number of ether oxygens (including phenoxy) is 1. The summed E-state index contributed by atoms with van der Waals surface area (Å²) in [6.07, 6.45) is 5.89. The van der Waals surface area contributed by atoms with E-state index in [-0.39, 0.29) is 5.78 Å². The topological polar surface area (TPSA) is 32.8 Å². The lowest BCUT2D eigenvalue weighted by Gasteiger charge is -2.22. The van der Waals surface area contributed by atoms with E-state index in [4.69, 9.17) is 4.74 Å². The van der Waals surface area contributed by atoms with Gasteiger partial charge >= 0.3 is 0 Å². The van der Waals surface area contributed by atoms with Gasteiger partial charge in [0.15, 0.2) is 5.78 Å². The molecular weight excluding hydrogens is 336 g/mol. The predicted molar refractivity (Wildman–Crippen MR) is 106 cm³/mol. The fraction of sp³-hybridized carbons (Fsp3) is 0.261. The van der Waals surface area contributed by atoms with Crippen LogP contribution in [-0.2, 0) is 24.4 Å². The molecule has 4 rings (SSSR count). The molecule has 0 N–H and O–H groups in total. The Morgan fingerprint density at radius 1 is 1.07 bits per heavy atom. The fourth-order valence-electron chi connectivity index (χ4n) is 3.49. The van der Waals surface area contributed by atoms with Gasteiger partial charge in [0.1, 0.15) is 12.4 Å². The highest BCUT2D eigenvalue weighted by molar-refractivity contribution is 5.98. The number of nitrogens with zero attached hydrogens (tertiary/aromatic N) is 2. The van der Waals surface area contributed by atoms with Crippen LogP contribution in [0, 0.1) is 0 Å². The quantitative estimate of drug-likeness (QED) is 0.735. The minimum absolute atomic E-state index is 0.152. The smallest absolute Gasteiger partial charge is 0.182 e. The summed E-state index contributed by atoms with van der Waals surface area (Å²) in [5.41, 5.74) is 4.54. The molecule has 2 aromatic carbocycles. The molecule has 2 aromatic rings. The summed E-state index contributed by atoms with van der Waals surface area (Å²) in [5.74, 6) is 1.00. The van der Waals surface area contributed by atoms with E-state index >= 15 is 0 Å². The normalized spacial score (nSPS) is 16.2. The van der Waals surface area contributed by atoms with Crippen LogP contribution in [0.25, 0.3) is 0 Å². The monoisotopic (exact) mass is 360 g/mol. The van der Waals surface area contributed by atoms with Crippen LogP contribution in [-0.4, -0.2) is 35.7 Å². The summed E-state index contributed by atoms with van der Waals surface area (Å²) in [5, 5.41) is 0. The van der Waals surface area contributed by atoms with Crippen molar-refractivity contribution >= 4 is 5.78 Å². The molecule has 138 valence electrons. The van der Waals surface area contributed by atoms with E-state index in [1.165, 1.54) is 11.1 Å². The first-order valence-electron chi connectivity index (χ1n) is 9.30. The van der Waals surface area contributed by atoms with Crippen LogP contribution in [0.5, 0.6) is 0 Å². The predicted octanol–water partition coefficient (Wildman–Crippen LogP) is 3.74. The lowest BCUT2D eigenvalue weighted by Crippen LogP contribution is -2.27. The van der Waals surface area contributed by atoms with Gasteiger partial charge in [0.2, 0.25) is 0 Å². The molecule has 0 amide bonds. The Morgan fingerprint density at radius 3 is 2.67 bits per heavy atom. The average molecular weight is 360 g/mol. The molecule has 27 heavy (non-hydrogen) atoms. The molecule has 4 nitrogen and oxygen atoms in total. The molecule has 2 heterocycles. The highest BCUT2D eigenvalue weighted by Gasteiger charge is 2.18. The lowest BCUT2D eigenvalue weighted by molar-refractivity contribution is 0.0957. The van der Waals surface area contributed by atoms with Crippen molar-refractivity contribution in [2.75, 3.05) is 20.1 Å². The summed E-state index contributed by atoms with van der Waals surface area (Å²) in [7, 11) is 2.10. The van der Waals surface area contributed by atoms with Crippen molar-refractivity contribution in [2.24, 2.45) is 0 Å². The first kappa shape index (κ1) is 17.6. The number of allylic oxidation sites excluding steroid dienone is 1. The third-order valence-electron chi connectivity index (χ3n) is 4.98. The Kier molecular flexibility index (Phi) is 5.07. The van der Waals surface area contributed by atoms with Crippen LogP contribution in [0.1, 0.15) is 27.0 Å². The summed E-state index contributed by atoms with van der Waals surface area (Å²) in [6.45, 7) is 3.51. The second-order valence-corrected chi connectivity index (χ2v) is 7.20. The molecule has 0 aliphatic carbocycles. The minimum Gasteiger partial charge on any atom is -0.489 e. The Labute approximate surface area is 160 Å². The maximum atomic E-state index is 12.6. The minimum atomic E-state index is 0.152. The van der Waals surface area contributed by atoms with E-state index in [2.05, 4.69) is 24.1 Å². The summed E-state index contributed by atoms with van der Waals surface area (Å²) >= 11 is 0. The van der Waals surface area contributed by atoms with E-state index in [1.54, 1.807) is 0 Å². The van der Waals surface area contributed by atoms with Crippen molar-refractivity contribution in [1.29, 1.82) is 0 Å². The Morgan fingerprint density at radius 2 is 1.89 bits per heavy atom. The van der Waals surface area contributed by atoms with E-state index in [9.17, 15) is 4.79 Å². The number of carbonyl (C=O) groups is 1. The highest BCUT2D eigenvalue weighted by Crippen LogP contribution is 2.23. The Balaban J connectivity index is 1.30. The van der Waals surface area contributed by atoms with Crippen LogP contribution in [0.2, 0.25) is 0 Å². The third kappa shape index (κ3) is 4.29. The number of hydrogen-bond donors (Lipinski definition) is 0. The number of benzene rings is 2. The molecule has 0 saturated heterocycles. The molecule has 0 atom stereocenters. The number of hydrogen-bond acceptors (Lipinski definition) is 4. The zero-order valence-corrected chi connectivity index (χ0v) is 15.6. The van der Waals surface area contributed by atoms with Crippen molar-refractivity contribution in [1.82, 2.24) is 9.80 Å². The summed E-state index contributed by atoms with van der Waals surface area (Å²) in [4.78, 5) is 16.9. The van der Waals surface area contributed by atoms with Crippen molar-refractivity contribution < 1.29 is 9.53 Å². The van der Waals surface area contributed by atoms with E-state index in [0.717, 1.165) is 30.0 Å². The van der Waals surface area contributed by atoms with Crippen LogP contribution in [0.3, 0.4) is 0 Å². The number of rotatable bonds is 6. The lowest BCUT2D eigenvalue weighted by atomic mass is 10.0. The van der Waals surface area contributed by atoms with Crippen LogP contribution in [0.4, 0.5) is 0 Å². The number of carbonyl (C=O) groups excluding carboxylic acids is 1. The van der Waals surface area contributed by atoms with Gasteiger partial charge in [0.25, 0.3) is 0 Å². The van der Waals surface area contributed by atoms with Gasteiger partial charge in [-0.3, -0.25) is 9.69 Å². The van der Waals surface area contributed by atoms with Crippen molar-refractivity contribution in [3.63, 3.8) is 0 Å². The van der Waals surface area contributed by atoms with E-state index in [1.807, 2.05) is 59.7 Å². The van der Waals surface area contributed by atoms with Crippen LogP contribution >= 0.6 is 0 Å². The fourth-order valence-corrected chi connectivity index (χ4v) is 3.49. The standard InChI is InChI=1S/C23H24N2O2/c1-24-14-20-8-7-19(13-21(20)15-24)23(26)16-25-11-9-22(10-12-25)27-17-18-5-3-2-4-6-18/h2-11,13H,12,14-17H2,1H3. The molecule has 0 aromatic heterocycles. The molecule has 0 unspecified atom stereocenters. The van der Waals surface area contributed by atoms with Crippen LogP contribution < -0.4 is 0 Å². The zero-order chi connectivity index (χ0) is 18.6. The number of fused-ring (bicyclic) bond motifs is 1. The van der Waals surface area contributed by atoms with Gasteiger partial charge < -0.3 is 9.64 Å². The SMILES string of the molecule is CN1Cc2ccc(C(=O)CN3C=CC(OCc4ccccc4)=CC3)cc2C1. The summed E-state index contributed by atoms with van der Waals surface area (Å²) in [6, 6.07) is 16.2.